The van der Waals surface area contributed by atoms with Crippen LogP contribution in [-0.4, -0.2) is 47.2 Å². The van der Waals surface area contributed by atoms with Crippen molar-refractivity contribution in [2.75, 3.05) is 13.2 Å². The van der Waals surface area contributed by atoms with Gasteiger partial charge in [0.05, 0.1) is 23.2 Å². The van der Waals surface area contributed by atoms with Crippen LogP contribution in [0, 0.1) is 29.0 Å². The number of hydrogen-bond donors (Lipinski definition) is 1. The number of cyclic esters (lactones) is 1. The van der Waals surface area contributed by atoms with Gasteiger partial charge in [0.2, 0.25) is 0 Å². The Morgan fingerprint density at radius 3 is 2.80 bits per heavy atom. The van der Waals surface area contributed by atoms with E-state index in [-0.39, 0.29) is 58.4 Å². The number of halogens is 2. The van der Waals surface area contributed by atoms with Crippen LogP contribution < -0.4 is 10.1 Å². The van der Waals surface area contributed by atoms with Gasteiger partial charge in [-0.25, -0.2) is 9.18 Å². The highest BCUT2D eigenvalue weighted by molar-refractivity contribution is 6.30. The monoisotopic (exact) mass is 433 g/mol. The maximum atomic E-state index is 13.4. The van der Waals surface area contributed by atoms with Crippen LogP contribution in [0.4, 0.5) is 9.18 Å². The lowest BCUT2D eigenvalue weighted by Crippen LogP contribution is -2.84. The van der Waals surface area contributed by atoms with Crippen molar-refractivity contribution in [3.05, 3.63) is 29.0 Å². The SMILES string of the molecule is N#CC1CC([C@@H]2CN(C34CC(NC(=O)COc5ccc(Cl)c(F)c5)(C3)C4)C(=O)O2)C1. The zero-order valence-corrected chi connectivity index (χ0v) is 17.0. The molecule has 0 spiro atoms. The Hall–Kier alpha value is -2.53. The first-order valence-electron chi connectivity index (χ1n) is 10.1. The third kappa shape index (κ3) is 3.07. The van der Waals surface area contributed by atoms with Gasteiger partial charge in [-0.1, -0.05) is 11.6 Å². The van der Waals surface area contributed by atoms with E-state index in [0.717, 1.165) is 18.9 Å². The van der Waals surface area contributed by atoms with Crippen LogP contribution in [0.2, 0.25) is 5.02 Å². The lowest BCUT2D eigenvalue weighted by atomic mass is 9.43. The number of amides is 2. The van der Waals surface area contributed by atoms with E-state index in [9.17, 15) is 14.0 Å². The van der Waals surface area contributed by atoms with Crippen LogP contribution in [0.5, 0.6) is 5.75 Å². The first-order valence-corrected chi connectivity index (χ1v) is 10.5. The molecular formula is C21H21ClFN3O4. The van der Waals surface area contributed by atoms with Crippen molar-refractivity contribution in [1.29, 1.82) is 5.26 Å². The predicted octanol–water partition coefficient (Wildman–Crippen LogP) is 3.02. The molecule has 1 heterocycles. The van der Waals surface area contributed by atoms with Crippen LogP contribution in [0.1, 0.15) is 32.1 Å². The largest absolute Gasteiger partial charge is 0.484 e. The minimum Gasteiger partial charge on any atom is -0.484 e. The topological polar surface area (TPSA) is 91.7 Å². The molecule has 5 fully saturated rings. The lowest BCUT2D eigenvalue weighted by Gasteiger charge is -2.72. The van der Waals surface area contributed by atoms with Gasteiger partial charge in [0.1, 0.15) is 17.7 Å². The van der Waals surface area contributed by atoms with E-state index in [1.165, 1.54) is 12.1 Å². The number of nitrogens with zero attached hydrogens (tertiary/aromatic N) is 2. The second kappa shape index (κ2) is 6.74. The minimum absolute atomic E-state index is 0.00386. The maximum Gasteiger partial charge on any atom is 0.410 e. The fourth-order valence-corrected chi connectivity index (χ4v) is 5.51. The summed E-state index contributed by atoms with van der Waals surface area (Å²) in [6.45, 7) is 0.350. The first-order chi connectivity index (χ1) is 14.3. The number of hydrogen-bond acceptors (Lipinski definition) is 5. The molecule has 1 atom stereocenters. The van der Waals surface area contributed by atoms with E-state index < -0.39 is 5.82 Å². The highest BCUT2D eigenvalue weighted by Gasteiger charge is 2.73. The number of benzene rings is 1. The van der Waals surface area contributed by atoms with Crippen LogP contribution in [0.15, 0.2) is 18.2 Å². The molecule has 1 aliphatic heterocycles. The zero-order valence-electron chi connectivity index (χ0n) is 16.2. The van der Waals surface area contributed by atoms with Gasteiger partial charge in [-0.3, -0.25) is 9.69 Å². The third-order valence-electron chi connectivity index (χ3n) is 6.96. The number of nitriles is 1. The van der Waals surface area contributed by atoms with E-state index in [1.807, 2.05) is 4.90 Å². The van der Waals surface area contributed by atoms with Gasteiger partial charge in [0, 0.05) is 23.4 Å². The van der Waals surface area contributed by atoms with E-state index in [1.54, 1.807) is 0 Å². The molecule has 6 rings (SSSR count). The molecule has 5 aliphatic rings. The van der Waals surface area contributed by atoms with Gasteiger partial charge in [-0.05, 0) is 44.2 Å². The summed E-state index contributed by atoms with van der Waals surface area (Å²) in [5.41, 5.74) is -0.524. The Morgan fingerprint density at radius 2 is 2.13 bits per heavy atom. The summed E-state index contributed by atoms with van der Waals surface area (Å²) in [6.07, 6.45) is 3.29. The van der Waals surface area contributed by atoms with Crippen LogP contribution in [0.25, 0.3) is 0 Å². The fourth-order valence-electron chi connectivity index (χ4n) is 5.39. The minimum atomic E-state index is -0.600. The molecule has 158 valence electrons. The smallest absolute Gasteiger partial charge is 0.410 e. The number of rotatable bonds is 6. The standard InChI is InChI=1S/C21H21ClFN3O4/c22-15-2-1-14(5-16(15)23)29-8-18(27)25-20-9-21(10-20,11-20)26-7-17(30-19(26)28)13-3-12(4-13)6-24/h1-2,5,12-13,17H,3-4,7-11H2,(H,25,27)/t12?,13?,17-,20?,21?/m0/s1. The molecule has 30 heavy (non-hydrogen) atoms. The molecule has 4 aliphatic carbocycles. The van der Waals surface area contributed by atoms with E-state index >= 15 is 0 Å². The van der Waals surface area contributed by atoms with Gasteiger partial charge >= 0.3 is 6.09 Å². The molecule has 1 N–H and O–H groups in total. The lowest BCUT2D eigenvalue weighted by molar-refractivity contribution is -0.167. The van der Waals surface area contributed by atoms with Gasteiger partial charge < -0.3 is 14.8 Å². The van der Waals surface area contributed by atoms with Crippen molar-refractivity contribution < 1.29 is 23.5 Å². The zero-order chi connectivity index (χ0) is 21.1. The van der Waals surface area contributed by atoms with Gasteiger partial charge in [0.25, 0.3) is 5.91 Å². The maximum absolute atomic E-state index is 13.4. The van der Waals surface area contributed by atoms with Gasteiger partial charge in [-0.15, -0.1) is 0 Å². The molecule has 9 heteroatoms. The molecular weight excluding hydrogens is 413 g/mol. The number of ether oxygens (including phenoxy) is 2. The van der Waals surface area contributed by atoms with Crippen molar-refractivity contribution in [3.63, 3.8) is 0 Å². The number of carbonyl (C=O) groups is 2. The van der Waals surface area contributed by atoms with E-state index in [2.05, 4.69) is 11.4 Å². The summed E-state index contributed by atoms with van der Waals surface area (Å²) in [6, 6.07) is 6.28. The first kappa shape index (κ1) is 19.4. The fraction of sp³-hybridized carbons (Fsp3) is 0.571. The second-order valence-corrected chi connectivity index (χ2v) is 9.45. The van der Waals surface area contributed by atoms with Crippen molar-refractivity contribution in [3.8, 4) is 11.8 Å². The summed E-state index contributed by atoms with van der Waals surface area (Å²) in [4.78, 5) is 26.4. The van der Waals surface area contributed by atoms with Crippen LogP contribution >= 0.6 is 11.6 Å². The van der Waals surface area contributed by atoms with Gasteiger partial charge in [-0.2, -0.15) is 5.26 Å². The molecule has 0 unspecified atom stereocenters. The number of nitrogens with one attached hydrogen (secondary N) is 1. The van der Waals surface area contributed by atoms with Crippen molar-refractivity contribution >= 4 is 23.6 Å². The predicted molar refractivity (Wildman–Crippen MR) is 103 cm³/mol. The Bertz CT molecular complexity index is 938. The van der Waals surface area contributed by atoms with Crippen molar-refractivity contribution in [2.45, 2.75) is 49.3 Å². The molecule has 7 nitrogen and oxygen atoms in total. The Labute approximate surface area is 178 Å². The molecule has 4 saturated carbocycles. The Balaban J connectivity index is 1.09. The van der Waals surface area contributed by atoms with Gasteiger partial charge in [0.15, 0.2) is 6.61 Å². The molecule has 1 saturated heterocycles. The normalized spacial score (nSPS) is 36.0. The van der Waals surface area contributed by atoms with Crippen LogP contribution in [0.3, 0.4) is 0 Å². The summed E-state index contributed by atoms with van der Waals surface area (Å²) < 4.78 is 24.3. The highest BCUT2D eigenvalue weighted by Crippen LogP contribution is 2.64. The highest BCUT2D eigenvalue weighted by atomic mass is 35.5. The average Bonchev–Trinajstić information content (AvgIpc) is 2.98. The third-order valence-corrected chi connectivity index (χ3v) is 7.27. The second-order valence-electron chi connectivity index (χ2n) is 9.04. The molecule has 2 bridgehead atoms. The number of carbonyl (C=O) groups excluding carboxylic acids is 2. The molecule has 1 aromatic rings. The summed E-state index contributed by atoms with van der Waals surface area (Å²) in [7, 11) is 0. The molecule has 0 radical (unpaired) electrons. The average molecular weight is 434 g/mol. The summed E-state index contributed by atoms with van der Waals surface area (Å²) in [5.74, 6) is -0.279. The van der Waals surface area contributed by atoms with E-state index in [4.69, 9.17) is 26.3 Å². The summed E-state index contributed by atoms with van der Waals surface area (Å²) in [5, 5.41) is 11.9. The van der Waals surface area contributed by atoms with Crippen molar-refractivity contribution in [2.24, 2.45) is 11.8 Å². The van der Waals surface area contributed by atoms with Crippen LogP contribution in [-0.2, 0) is 9.53 Å². The van der Waals surface area contributed by atoms with Crippen molar-refractivity contribution in [1.82, 2.24) is 10.2 Å². The quantitative estimate of drug-likeness (QED) is 0.744. The Kier molecular flexibility index (Phi) is 4.37. The molecule has 0 aromatic heterocycles. The Morgan fingerprint density at radius 1 is 1.40 bits per heavy atom. The molecule has 2 amide bonds. The van der Waals surface area contributed by atoms with E-state index in [0.29, 0.717) is 25.8 Å². The summed E-state index contributed by atoms with van der Waals surface area (Å²) >= 11 is 5.63. The molecule has 1 aromatic carbocycles.